The molecule has 2 aromatic rings. The second-order valence-corrected chi connectivity index (χ2v) is 4.79. The van der Waals surface area contributed by atoms with Crippen LogP contribution in [0.3, 0.4) is 0 Å². The molecule has 0 spiro atoms. The van der Waals surface area contributed by atoms with Crippen LogP contribution in [0.1, 0.15) is 26.4 Å². The summed E-state index contributed by atoms with van der Waals surface area (Å²) >= 11 is 5.62. The van der Waals surface area contributed by atoms with Crippen LogP contribution in [0.5, 0.6) is 0 Å². The molecule has 0 aliphatic carbocycles. The largest absolute Gasteiger partial charge is 0.478 e. The molecule has 1 aromatic heterocycles. The summed E-state index contributed by atoms with van der Waals surface area (Å²) in [5.74, 6) is -1.27. The Balaban J connectivity index is 2.06. The van der Waals surface area contributed by atoms with E-state index in [1.165, 1.54) is 29.2 Å². The quantitative estimate of drug-likeness (QED) is 0.935. The highest BCUT2D eigenvalue weighted by Crippen LogP contribution is 2.10. The van der Waals surface area contributed by atoms with E-state index < -0.39 is 5.97 Å². The zero-order chi connectivity index (χ0) is 15.4. The molecule has 108 valence electrons. The minimum absolute atomic E-state index is 0.198. The maximum atomic E-state index is 12.1. The average Bonchev–Trinajstić information content (AvgIpc) is 2.47. The van der Waals surface area contributed by atoms with Crippen LogP contribution in [0.2, 0.25) is 5.15 Å². The number of carboxylic acid groups (broad SMARTS) is 1. The lowest BCUT2D eigenvalue weighted by atomic mass is 10.1. The van der Waals surface area contributed by atoms with Gasteiger partial charge >= 0.3 is 5.97 Å². The number of halogens is 1. The smallest absolute Gasteiger partial charge is 0.335 e. The van der Waals surface area contributed by atoms with Gasteiger partial charge in [-0.2, -0.15) is 0 Å². The third-order valence-electron chi connectivity index (χ3n) is 2.82. The summed E-state index contributed by atoms with van der Waals surface area (Å²) in [4.78, 5) is 24.4. The van der Waals surface area contributed by atoms with Gasteiger partial charge in [-0.1, -0.05) is 23.7 Å². The Hall–Kier alpha value is -2.47. The molecule has 1 aromatic carbocycles. The number of carbonyl (C=O) groups is 2. The van der Waals surface area contributed by atoms with Crippen molar-refractivity contribution in [1.82, 2.24) is 15.1 Å². The summed E-state index contributed by atoms with van der Waals surface area (Å²) in [7, 11) is 1.63. The molecule has 0 aliphatic rings. The third kappa shape index (κ3) is 3.76. The number of carbonyl (C=O) groups excluding carboxylic acids is 1. The van der Waals surface area contributed by atoms with Gasteiger partial charge in [-0.3, -0.25) is 4.79 Å². The van der Waals surface area contributed by atoms with Gasteiger partial charge in [0.2, 0.25) is 0 Å². The van der Waals surface area contributed by atoms with E-state index in [1.54, 1.807) is 19.2 Å². The Bertz CT molecular complexity index is 656. The zero-order valence-electron chi connectivity index (χ0n) is 11.2. The lowest BCUT2D eigenvalue weighted by molar-refractivity contribution is 0.0695. The van der Waals surface area contributed by atoms with Gasteiger partial charge in [-0.25, -0.2) is 4.79 Å². The van der Waals surface area contributed by atoms with Crippen molar-refractivity contribution >= 4 is 23.5 Å². The van der Waals surface area contributed by atoms with Crippen molar-refractivity contribution in [1.29, 1.82) is 0 Å². The molecular formula is C14H12ClN3O3. The molecule has 0 aliphatic heterocycles. The minimum Gasteiger partial charge on any atom is -0.478 e. The van der Waals surface area contributed by atoms with E-state index in [4.69, 9.17) is 16.7 Å². The van der Waals surface area contributed by atoms with Crippen molar-refractivity contribution in [2.24, 2.45) is 0 Å². The molecule has 0 unspecified atom stereocenters. The molecule has 0 fully saturated rings. The van der Waals surface area contributed by atoms with Gasteiger partial charge < -0.3 is 10.0 Å². The summed E-state index contributed by atoms with van der Waals surface area (Å²) in [6.45, 7) is 0.336. The Morgan fingerprint density at radius 3 is 2.33 bits per heavy atom. The number of aromatic carboxylic acids is 1. The molecule has 6 nitrogen and oxygen atoms in total. The number of nitrogens with zero attached hydrogens (tertiary/aromatic N) is 3. The predicted octanol–water partition coefficient (Wildman–Crippen LogP) is 2.10. The maximum Gasteiger partial charge on any atom is 0.335 e. The van der Waals surface area contributed by atoms with E-state index in [1.807, 2.05) is 0 Å². The summed E-state index contributed by atoms with van der Waals surface area (Å²) in [6, 6.07) is 9.33. The fraction of sp³-hybridized carbons (Fsp3) is 0.143. The van der Waals surface area contributed by atoms with Crippen LogP contribution in [0.15, 0.2) is 36.4 Å². The first-order valence-electron chi connectivity index (χ1n) is 6.04. The number of hydrogen-bond acceptors (Lipinski definition) is 4. The fourth-order valence-electron chi connectivity index (χ4n) is 1.72. The molecule has 0 radical (unpaired) electrons. The van der Waals surface area contributed by atoms with Crippen LogP contribution < -0.4 is 0 Å². The van der Waals surface area contributed by atoms with Gasteiger partial charge in [0.05, 0.1) is 5.56 Å². The second kappa shape index (κ2) is 6.32. The Labute approximate surface area is 126 Å². The van der Waals surface area contributed by atoms with Crippen molar-refractivity contribution < 1.29 is 14.7 Å². The number of benzene rings is 1. The van der Waals surface area contributed by atoms with Crippen molar-refractivity contribution in [3.8, 4) is 0 Å². The normalized spacial score (nSPS) is 10.2. The van der Waals surface area contributed by atoms with E-state index in [9.17, 15) is 9.59 Å². The van der Waals surface area contributed by atoms with Crippen molar-refractivity contribution in [2.45, 2.75) is 6.54 Å². The molecule has 21 heavy (non-hydrogen) atoms. The highest BCUT2D eigenvalue weighted by atomic mass is 35.5. The summed E-state index contributed by atoms with van der Waals surface area (Å²) in [6.07, 6.45) is 0. The van der Waals surface area contributed by atoms with Gasteiger partial charge in [0.15, 0.2) is 10.8 Å². The van der Waals surface area contributed by atoms with Crippen molar-refractivity contribution in [3.05, 3.63) is 58.4 Å². The first-order valence-corrected chi connectivity index (χ1v) is 6.42. The molecule has 7 heteroatoms. The van der Waals surface area contributed by atoms with Crippen molar-refractivity contribution in [3.63, 3.8) is 0 Å². The molecule has 0 saturated carbocycles. The molecule has 1 amide bonds. The first kappa shape index (κ1) is 14.9. The van der Waals surface area contributed by atoms with Crippen molar-refractivity contribution in [2.75, 3.05) is 7.05 Å². The van der Waals surface area contributed by atoms with Gasteiger partial charge in [-0.05, 0) is 29.8 Å². The number of aromatic nitrogens is 2. The molecule has 0 saturated heterocycles. The third-order valence-corrected chi connectivity index (χ3v) is 3.02. The predicted molar refractivity (Wildman–Crippen MR) is 76.2 cm³/mol. The zero-order valence-corrected chi connectivity index (χ0v) is 11.9. The number of amides is 1. The van der Waals surface area contributed by atoms with Crippen LogP contribution in [0, 0.1) is 0 Å². The Morgan fingerprint density at radius 1 is 1.14 bits per heavy atom. The molecule has 0 bridgehead atoms. The summed E-state index contributed by atoms with van der Waals surface area (Å²) in [5, 5.41) is 16.4. The monoisotopic (exact) mass is 305 g/mol. The van der Waals surface area contributed by atoms with Gasteiger partial charge in [0.1, 0.15) is 0 Å². The van der Waals surface area contributed by atoms with Gasteiger partial charge in [0, 0.05) is 13.6 Å². The molecule has 1 heterocycles. The van der Waals surface area contributed by atoms with Crippen LogP contribution in [-0.4, -0.2) is 39.1 Å². The summed E-state index contributed by atoms with van der Waals surface area (Å²) < 4.78 is 0. The topological polar surface area (TPSA) is 83.4 Å². The second-order valence-electron chi connectivity index (χ2n) is 4.40. The van der Waals surface area contributed by atoms with Crippen LogP contribution in [0.25, 0.3) is 0 Å². The Kier molecular flexibility index (Phi) is 4.49. The maximum absolute atomic E-state index is 12.1. The van der Waals surface area contributed by atoms with Crippen LogP contribution >= 0.6 is 11.6 Å². The Morgan fingerprint density at radius 2 is 1.81 bits per heavy atom. The average molecular weight is 306 g/mol. The number of rotatable bonds is 4. The number of carboxylic acids is 1. The van der Waals surface area contributed by atoms with Gasteiger partial charge in [-0.15, -0.1) is 10.2 Å². The van der Waals surface area contributed by atoms with E-state index in [0.29, 0.717) is 6.54 Å². The highest BCUT2D eigenvalue weighted by molar-refractivity contribution is 6.29. The summed E-state index contributed by atoms with van der Waals surface area (Å²) in [5.41, 5.74) is 1.22. The molecular weight excluding hydrogens is 294 g/mol. The fourth-order valence-corrected chi connectivity index (χ4v) is 1.82. The SMILES string of the molecule is CN(Cc1ccc(C(=O)O)cc1)C(=O)c1ccc(Cl)nn1. The van der Waals surface area contributed by atoms with Gasteiger partial charge in [0.25, 0.3) is 5.91 Å². The lowest BCUT2D eigenvalue weighted by Crippen LogP contribution is -2.27. The number of hydrogen-bond donors (Lipinski definition) is 1. The van der Waals surface area contributed by atoms with E-state index in [2.05, 4.69) is 10.2 Å². The van der Waals surface area contributed by atoms with E-state index in [0.717, 1.165) is 5.56 Å². The minimum atomic E-state index is -0.984. The standard InChI is InChI=1S/C14H12ClN3O3/c1-18(13(19)11-6-7-12(15)17-16-11)8-9-2-4-10(5-3-9)14(20)21/h2-7H,8H2,1H3,(H,20,21). The highest BCUT2D eigenvalue weighted by Gasteiger charge is 2.14. The molecule has 0 atom stereocenters. The lowest BCUT2D eigenvalue weighted by Gasteiger charge is -2.16. The first-order chi connectivity index (χ1) is 9.97. The van der Waals surface area contributed by atoms with E-state index >= 15 is 0 Å². The van der Waals surface area contributed by atoms with E-state index in [-0.39, 0.29) is 22.3 Å². The molecule has 2 rings (SSSR count). The van der Waals surface area contributed by atoms with Crippen LogP contribution in [0.4, 0.5) is 0 Å². The molecule has 1 N–H and O–H groups in total. The van der Waals surface area contributed by atoms with Crippen LogP contribution in [-0.2, 0) is 6.54 Å².